The van der Waals surface area contributed by atoms with E-state index in [0.29, 0.717) is 0 Å². The minimum absolute atomic E-state index is 0.0923. The van der Waals surface area contributed by atoms with Crippen molar-refractivity contribution in [2.45, 2.75) is 19.4 Å². The van der Waals surface area contributed by atoms with Crippen molar-refractivity contribution in [1.82, 2.24) is 0 Å². The van der Waals surface area contributed by atoms with Crippen molar-refractivity contribution in [2.24, 2.45) is 15.9 Å². The Labute approximate surface area is 89.2 Å². The molecule has 0 aliphatic carbocycles. The molecule has 0 fully saturated rings. The Morgan fingerprint density at radius 2 is 1.93 bits per heavy atom. The lowest BCUT2D eigenvalue weighted by Gasteiger charge is -2.14. The smallest absolute Gasteiger partial charge is 0.153 e. The predicted octanol–water partition coefficient (Wildman–Crippen LogP) is 1.15. The van der Waals surface area contributed by atoms with Crippen LogP contribution in [0.5, 0.6) is 0 Å². The largest absolute Gasteiger partial charge is 0.383 e. The second kappa shape index (κ2) is 4.70. The zero-order valence-electron chi connectivity index (χ0n) is 8.88. The molecule has 0 amide bonds. The van der Waals surface area contributed by atoms with E-state index in [1.807, 2.05) is 30.3 Å². The number of benzene rings is 1. The Kier molecular flexibility index (Phi) is 3.57. The summed E-state index contributed by atoms with van der Waals surface area (Å²) >= 11 is 0. The van der Waals surface area contributed by atoms with Crippen LogP contribution in [0.15, 0.2) is 40.5 Å². The third kappa shape index (κ3) is 3.91. The van der Waals surface area contributed by atoms with Crippen LogP contribution in [0.1, 0.15) is 19.4 Å². The number of nitrogens with two attached hydrogens (primary N) is 1. The quantitative estimate of drug-likeness (QED) is 0.441. The van der Waals surface area contributed by atoms with Crippen LogP contribution in [0.2, 0.25) is 0 Å². The number of amidine groups is 1. The van der Waals surface area contributed by atoms with Gasteiger partial charge in [0.15, 0.2) is 5.84 Å². The molecule has 0 aliphatic heterocycles. The van der Waals surface area contributed by atoms with E-state index >= 15 is 0 Å². The molecule has 0 saturated heterocycles. The van der Waals surface area contributed by atoms with Gasteiger partial charge in [-0.15, -0.1) is 5.10 Å². The fourth-order valence-electron chi connectivity index (χ4n) is 0.819. The van der Waals surface area contributed by atoms with E-state index in [-0.39, 0.29) is 5.84 Å². The van der Waals surface area contributed by atoms with Gasteiger partial charge in [-0.25, -0.2) is 0 Å². The van der Waals surface area contributed by atoms with Crippen molar-refractivity contribution in [3.8, 4) is 0 Å². The summed E-state index contributed by atoms with van der Waals surface area (Å²) in [5, 5.41) is 16.9. The monoisotopic (exact) mass is 205 g/mol. The van der Waals surface area contributed by atoms with E-state index in [4.69, 9.17) is 5.73 Å². The Bertz CT molecular complexity index is 363. The number of aliphatic hydroxyl groups is 1. The summed E-state index contributed by atoms with van der Waals surface area (Å²) < 4.78 is 0. The second-order valence-corrected chi connectivity index (χ2v) is 3.70. The zero-order chi connectivity index (χ0) is 11.3. The molecule has 1 aromatic carbocycles. The molecule has 3 N–H and O–H groups in total. The molecule has 4 heteroatoms. The molecule has 0 aliphatic rings. The highest BCUT2D eigenvalue weighted by Gasteiger charge is 2.17. The first-order chi connectivity index (χ1) is 7.00. The second-order valence-electron chi connectivity index (χ2n) is 3.70. The number of nitrogens with zero attached hydrogens (tertiary/aromatic N) is 2. The van der Waals surface area contributed by atoms with E-state index in [1.54, 1.807) is 20.1 Å². The lowest BCUT2D eigenvalue weighted by molar-refractivity contribution is 0.152. The number of hydrogen-bond acceptors (Lipinski definition) is 3. The van der Waals surface area contributed by atoms with E-state index in [1.165, 1.54) is 0 Å². The molecule has 1 rings (SSSR count). The molecule has 1 aromatic rings. The highest BCUT2D eigenvalue weighted by atomic mass is 16.3. The minimum atomic E-state index is -1.13. The van der Waals surface area contributed by atoms with Gasteiger partial charge in [-0.2, -0.15) is 5.10 Å². The number of hydrogen-bond donors (Lipinski definition) is 2. The molecule has 15 heavy (non-hydrogen) atoms. The maximum atomic E-state index is 9.45. The molecule has 0 unspecified atom stereocenters. The average Bonchev–Trinajstić information content (AvgIpc) is 2.18. The summed E-state index contributed by atoms with van der Waals surface area (Å²) in [7, 11) is 0. The Morgan fingerprint density at radius 1 is 1.33 bits per heavy atom. The molecule has 0 heterocycles. The first-order valence-corrected chi connectivity index (χ1v) is 4.64. The summed E-state index contributed by atoms with van der Waals surface area (Å²) in [4.78, 5) is 0. The summed E-state index contributed by atoms with van der Waals surface area (Å²) in [6.07, 6.45) is 1.58. The van der Waals surface area contributed by atoms with Crippen molar-refractivity contribution in [3.05, 3.63) is 35.9 Å². The number of rotatable bonds is 3. The van der Waals surface area contributed by atoms with Crippen molar-refractivity contribution in [1.29, 1.82) is 0 Å². The highest BCUT2D eigenvalue weighted by molar-refractivity contribution is 5.88. The standard InChI is InChI=1S/C11H15N3O/c1-11(2,15)10(12)14-13-8-9-6-4-3-5-7-9/h3-8,15H,1-2H3,(H2,12,14)/b13-8-. The SMILES string of the molecule is CC(C)(O)/C(N)=N/N=C\c1ccccc1. The van der Waals surface area contributed by atoms with E-state index < -0.39 is 5.60 Å². The normalized spacial score (nSPS) is 13.4. The van der Waals surface area contributed by atoms with Crippen LogP contribution >= 0.6 is 0 Å². The van der Waals surface area contributed by atoms with Gasteiger partial charge in [-0.05, 0) is 19.4 Å². The fraction of sp³-hybridized carbons (Fsp3) is 0.273. The van der Waals surface area contributed by atoms with E-state index in [0.717, 1.165) is 5.56 Å². The Balaban J connectivity index is 2.69. The third-order valence-electron chi connectivity index (χ3n) is 1.80. The van der Waals surface area contributed by atoms with E-state index in [2.05, 4.69) is 10.2 Å². The van der Waals surface area contributed by atoms with Crippen LogP contribution < -0.4 is 5.73 Å². The Morgan fingerprint density at radius 3 is 2.47 bits per heavy atom. The van der Waals surface area contributed by atoms with Gasteiger partial charge in [-0.1, -0.05) is 30.3 Å². The van der Waals surface area contributed by atoms with Crippen LogP contribution in [-0.4, -0.2) is 22.8 Å². The van der Waals surface area contributed by atoms with Crippen LogP contribution in [0.3, 0.4) is 0 Å². The van der Waals surface area contributed by atoms with Crippen LogP contribution in [0.25, 0.3) is 0 Å². The molecular formula is C11H15N3O. The highest BCUT2D eigenvalue weighted by Crippen LogP contribution is 2.00. The lowest BCUT2D eigenvalue weighted by atomic mass is 10.1. The molecular weight excluding hydrogens is 190 g/mol. The third-order valence-corrected chi connectivity index (χ3v) is 1.80. The van der Waals surface area contributed by atoms with Crippen molar-refractivity contribution in [3.63, 3.8) is 0 Å². The maximum absolute atomic E-state index is 9.45. The van der Waals surface area contributed by atoms with Gasteiger partial charge in [0.1, 0.15) is 5.60 Å². The summed E-state index contributed by atoms with van der Waals surface area (Å²) in [5.74, 6) is 0.0923. The van der Waals surface area contributed by atoms with Gasteiger partial charge >= 0.3 is 0 Å². The van der Waals surface area contributed by atoms with Crippen LogP contribution in [-0.2, 0) is 0 Å². The maximum Gasteiger partial charge on any atom is 0.153 e. The average molecular weight is 205 g/mol. The summed E-state index contributed by atoms with van der Waals surface area (Å²) in [5.41, 5.74) is 5.31. The molecule has 0 atom stereocenters. The van der Waals surface area contributed by atoms with E-state index in [9.17, 15) is 5.11 Å². The molecule has 0 aromatic heterocycles. The van der Waals surface area contributed by atoms with Crippen molar-refractivity contribution in [2.75, 3.05) is 0 Å². The molecule has 0 radical (unpaired) electrons. The topological polar surface area (TPSA) is 71.0 Å². The first-order valence-electron chi connectivity index (χ1n) is 4.64. The van der Waals surface area contributed by atoms with Crippen LogP contribution in [0.4, 0.5) is 0 Å². The zero-order valence-corrected chi connectivity index (χ0v) is 8.88. The van der Waals surface area contributed by atoms with Crippen LogP contribution in [0, 0.1) is 0 Å². The first kappa shape index (κ1) is 11.4. The van der Waals surface area contributed by atoms with Gasteiger partial charge in [0.05, 0.1) is 6.21 Å². The van der Waals surface area contributed by atoms with Gasteiger partial charge in [0.2, 0.25) is 0 Å². The fourth-order valence-corrected chi connectivity index (χ4v) is 0.819. The van der Waals surface area contributed by atoms with Crippen molar-refractivity contribution >= 4 is 12.1 Å². The van der Waals surface area contributed by atoms with Crippen molar-refractivity contribution < 1.29 is 5.11 Å². The van der Waals surface area contributed by atoms with Gasteiger partial charge in [0, 0.05) is 0 Å². The molecule has 4 nitrogen and oxygen atoms in total. The van der Waals surface area contributed by atoms with Gasteiger partial charge in [0.25, 0.3) is 0 Å². The minimum Gasteiger partial charge on any atom is -0.383 e. The lowest BCUT2D eigenvalue weighted by Crippen LogP contribution is -2.37. The molecule has 0 spiro atoms. The molecule has 0 saturated carbocycles. The molecule has 0 bridgehead atoms. The van der Waals surface area contributed by atoms with Gasteiger partial charge < -0.3 is 10.8 Å². The Hall–Kier alpha value is -1.68. The molecule has 80 valence electrons. The summed E-state index contributed by atoms with van der Waals surface area (Å²) in [6, 6.07) is 9.54. The summed E-state index contributed by atoms with van der Waals surface area (Å²) in [6.45, 7) is 3.12. The predicted molar refractivity (Wildman–Crippen MR) is 62.0 cm³/mol. The van der Waals surface area contributed by atoms with Gasteiger partial charge in [-0.3, -0.25) is 0 Å².